The smallest absolute Gasteiger partial charge is 0.238 e. The van der Waals surface area contributed by atoms with Crippen LogP contribution in [-0.2, 0) is 0 Å². The normalized spacial score (nSPS) is 13.1. The maximum atomic E-state index is 9.68. The topological polar surface area (TPSA) is 48.5 Å². The standard InChI is InChI=1S/C51H33N5/c1-4-16-34(17-5-1)37-22-14-23-38(32-37)39-24-15-25-40(33-39)55-45-28-12-10-26-41(45)43-30-31-44-42-27-11-13-29-46(42)56(48(44)47(43)55)51-53-49(35-18-6-2-7-19-35)52-50(54-51)36-20-8-3-9-21-36/h1-33H/i10D,11D,28D,29D,30D,31D. The van der Waals surface area contributed by atoms with Gasteiger partial charge in [0.05, 0.1) is 30.3 Å². The summed E-state index contributed by atoms with van der Waals surface area (Å²) in [5.41, 5.74) is 7.97. The summed E-state index contributed by atoms with van der Waals surface area (Å²) in [4.78, 5) is 15.1. The van der Waals surface area contributed by atoms with Crippen LogP contribution in [0.5, 0.6) is 0 Å². The van der Waals surface area contributed by atoms with Gasteiger partial charge in [-0.15, -0.1) is 0 Å². The lowest BCUT2D eigenvalue weighted by Crippen LogP contribution is -2.07. The van der Waals surface area contributed by atoms with Gasteiger partial charge in [0.1, 0.15) is 0 Å². The van der Waals surface area contributed by atoms with Crippen LogP contribution >= 0.6 is 0 Å². The van der Waals surface area contributed by atoms with Crippen LogP contribution in [0, 0.1) is 0 Å². The molecule has 3 heterocycles. The molecule has 0 bridgehead atoms. The molecule has 0 N–H and O–H groups in total. The third-order valence-corrected chi connectivity index (χ3v) is 10.3. The van der Waals surface area contributed by atoms with Crippen molar-refractivity contribution in [1.82, 2.24) is 24.1 Å². The first kappa shape index (κ1) is 26.2. The fourth-order valence-electron chi connectivity index (χ4n) is 7.73. The Morgan fingerprint density at radius 1 is 0.357 bits per heavy atom. The van der Waals surface area contributed by atoms with Gasteiger partial charge in [-0.25, -0.2) is 4.98 Å². The maximum Gasteiger partial charge on any atom is 0.238 e. The molecule has 56 heavy (non-hydrogen) atoms. The van der Waals surface area contributed by atoms with Gasteiger partial charge in [-0.2, -0.15) is 9.97 Å². The van der Waals surface area contributed by atoms with Crippen molar-refractivity contribution < 1.29 is 8.22 Å². The van der Waals surface area contributed by atoms with Gasteiger partial charge in [-0.1, -0.05) is 170 Å². The Bertz CT molecular complexity index is 3530. The Kier molecular flexibility index (Phi) is 6.10. The van der Waals surface area contributed by atoms with Crippen molar-refractivity contribution in [2.24, 2.45) is 0 Å². The third-order valence-electron chi connectivity index (χ3n) is 10.3. The number of hydrogen-bond acceptors (Lipinski definition) is 3. The second kappa shape index (κ2) is 13.0. The molecule has 8 aromatic carbocycles. The molecule has 0 amide bonds. The summed E-state index contributed by atoms with van der Waals surface area (Å²) >= 11 is 0. The highest BCUT2D eigenvalue weighted by Crippen LogP contribution is 2.42. The maximum absolute atomic E-state index is 9.68. The van der Waals surface area contributed by atoms with E-state index in [0.717, 1.165) is 33.4 Å². The molecular weight excluding hydrogens is 683 g/mol. The molecule has 262 valence electrons. The first-order valence-corrected chi connectivity index (χ1v) is 18.4. The van der Waals surface area contributed by atoms with Crippen LogP contribution in [0.3, 0.4) is 0 Å². The molecule has 0 unspecified atom stereocenters. The molecule has 3 aromatic heterocycles. The second-order valence-electron chi connectivity index (χ2n) is 13.6. The largest absolute Gasteiger partial charge is 0.307 e. The average molecular weight is 722 g/mol. The highest BCUT2D eigenvalue weighted by atomic mass is 15.2. The summed E-state index contributed by atoms with van der Waals surface area (Å²) in [7, 11) is 0. The monoisotopic (exact) mass is 721 g/mol. The van der Waals surface area contributed by atoms with Crippen molar-refractivity contribution in [1.29, 1.82) is 0 Å². The van der Waals surface area contributed by atoms with Gasteiger partial charge in [0.25, 0.3) is 0 Å². The van der Waals surface area contributed by atoms with E-state index in [2.05, 4.69) is 36.4 Å². The first-order valence-electron chi connectivity index (χ1n) is 21.4. The molecule has 5 heteroatoms. The first-order chi connectivity index (χ1) is 30.2. The Balaban J connectivity index is 1.30. The van der Waals surface area contributed by atoms with Crippen LogP contribution < -0.4 is 0 Å². The average Bonchev–Trinajstić information content (AvgIpc) is 3.83. The molecule has 0 aliphatic heterocycles. The molecule has 0 fully saturated rings. The summed E-state index contributed by atoms with van der Waals surface area (Å²) in [5.74, 6) is 0.967. The number of nitrogens with zero attached hydrogens (tertiary/aromatic N) is 5. The quantitative estimate of drug-likeness (QED) is 0.172. The van der Waals surface area contributed by atoms with Gasteiger partial charge in [-0.05, 0) is 52.5 Å². The number of rotatable bonds is 6. The van der Waals surface area contributed by atoms with E-state index >= 15 is 0 Å². The molecule has 0 radical (unpaired) electrons. The minimum Gasteiger partial charge on any atom is -0.307 e. The SMILES string of the molecule is [2H]c1cc([2H])c2c(c1)c1c([2H])c([2H])c3c4cc([2H])cc([2H])c4n(-c4nc(-c5ccccc5)nc(-c5ccccc5)n4)c3c1n2-c1cccc(-c2cccc(-c3ccccc3)c2)c1. The summed E-state index contributed by atoms with van der Waals surface area (Å²) in [6.07, 6.45) is 0. The van der Waals surface area contributed by atoms with Crippen LogP contribution in [0.25, 0.3) is 100 Å². The van der Waals surface area contributed by atoms with Gasteiger partial charge in [-0.3, -0.25) is 4.57 Å². The van der Waals surface area contributed by atoms with Gasteiger partial charge in [0, 0.05) is 38.4 Å². The van der Waals surface area contributed by atoms with E-state index in [1.807, 2.05) is 108 Å². The Labute approximate surface area is 331 Å². The van der Waals surface area contributed by atoms with Crippen LogP contribution in [0.2, 0.25) is 0 Å². The highest BCUT2D eigenvalue weighted by Gasteiger charge is 2.23. The molecular formula is C51H33N5. The predicted molar refractivity (Wildman–Crippen MR) is 230 cm³/mol. The number of fused-ring (bicyclic) bond motifs is 7. The lowest BCUT2D eigenvalue weighted by molar-refractivity contribution is 0.953. The molecule has 0 atom stereocenters. The van der Waals surface area contributed by atoms with Gasteiger partial charge in [0.15, 0.2) is 11.6 Å². The van der Waals surface area contributed by atoms with Gasteiger partial charge >= 0.3 is 0 Å². The summed E-state index contributed by atoms with van der Waals surface area (Å²) in [6.45, 7) is 0. The van der Waals surface area contributed by atoms with Crippen LogP contribution in [0.15, 0.2) is 200 Å². The number of hydrogen-bond donors (Lipinski definition) is 0. The van der Waals surface area contributed by atoms with E-state index in [9.17, 15) is 5.48 Å². The zero-order valence-electron chi connectivity index (χ0n) is 35.8. The minimum absolute atomic E-state index is 0.0169. The van der Waals surface area contributed by atoms with Crippen LogP contribution in [-0.4, -0.2) is 24.1 Å². The minimum atomic E-state index is -0.116. The fraction of sp³-hybridized carbons (Fsp3) is 0. The van der Waals surface area contributed by atoms with E-state index in [0.29, 0.717) is 60.9 Å². The van der Waals surface area contributed by atoms with Crippen molar-refractivity contribution in [2.75, 3.05) is 0 Å². The molecule has 0 saturated carbocycles. The Morgan fingerprint density at radius 3 is 1.41 bits per heavy atom. The summed E-state index contributed by atoms with van der Waals surface area (Å²) < 4.78 is 59.3. The van der Waals surface area contributed by atoms with Crippen LogP contribution in [0.1, 0.15) is 8.22 Å². The van der Waals surface area contributed by atoms with E-state index < -0.39 is 0 Å². The number of para-hydroxylation sites is 2. The molecule has 0 aliphatic rings. The second-order valence-corrected chi connectivity index (χ2v) is 13.6. The zero-order chi connectivity index (χ0) is 42.2. The predicted octanol–water partition coefficient (Wildman–Crippen LogP) is 12.7. The summed E-state index contributed by atoms with van der Waals surface area (Å²) in [6, 6.07) is 52.0. The van der Waals surface area contributed by atoms with E-state index in [1.54, 1.807) is 16.7 Å². The zero-order valence-corrected chi connectivity index (χ0v) is 29.8. The van der Waals surface area contributed by atoms with Crippen LogP contribution in [0.4, 0.5) is 0 Å². The van der Waals surface area contributed by atoms with Crippen molar-refractivity contribution in [3.63, 3.8) is 0 Å². The number of aromatic nitrogens is 5. The molecule has 0 aliphatic carbocycles. The molecule has 0 saturated heterocycles. The molecule has 5 nitrogen and oxygen atoms in total. The molecule has 11 rings (SSSR count). The summed E-state index contributed by atoms with van der Waals surface area (Å²) in [5, 5.41) is 1.62. The van der Waals surface area contributed by atoms with Crippen molar-refractivity contribution in [3.8, 4) is 56.7 Å². The molecule has 11 aromatic rings. The van der Waals surface area contributed by atoms with E-state index in [1.165, 1.54) is 12.1 Å². The third kappa shape index (κ3) is 5.21. The van der Waals surface area contributed by atoms with Gasteiger partial charge < -0.3 is 4.57 Å². The van der Waals surface area contributed by atoms with Crippen molar-refractivity contribution >= 4 is 43.6 Å². The molecule has 0 spiro atoms. The van der Waals surface area contributed by atoms with Gasteiger partial charge in [0.2, 0.25) is 5.95 Å². The lowest BCUT2D eigenvalue weighted by Gasteiger charge is -2.14. The van der Waals surface area contributed by atoms with E-state index in [4.69, 9.17) is 17.7 Å². The Morgan fingerprint density at radius 2 is 0.821 bits per heavy atom. The van der Waals surface area contributed by atoms with Crippen molar-refractivity contribution in [3.05, 3.63) is 200 Å². The fourth-order valence-corrected chi connectivity index (χ4v) is 7.73. The Hall–Kier alpha value is -7.63. The lowest BCUT2D eigenvalue weighted by atomic mass is 9.99. The number of benzene rings is 8. The van der Waals surface area contributed by atoms with Crippen molar-refractivity contribution in [2.45, 2.75) is 0 Å². The van der Waals surface area contributed by atoms with E-state index in [-0.39, 0.29) is 42.2 Å². The highest BCUT2D eigenvalue weighted by molar-refractivity contribution is 6.23.